The molecular formula is C27H23ClN2O4S. The number of halogens is 1. The predicted octanol–water partition coefficient (Wildman–Crippen LogP) is 6.28. The largest absolute Gasteiger partial charge is 0.489 e. The molecule has 8 heteroatoms. The Bertz CT molecular complexity index is 1420. The molecule has 0 fully saturated rings. The maximum absolute atomic E-state index is 12.9. The standard InChI is InChI=1S/C27H23ClN2O4S/c1-19-7-14-24(15-8-19)35(32,33)30-22-11-16-26(28)25(17-22)27(31)29-21-9-12-23(13-10-21)34-18-20-5-3-2-4-6-20/h2-17,30H,18H2,1H3,(H,29,31). The number of sulfonamides is 1. The van der Waals surface area contributed by atoms with E-state index in [-0.39, 0.29) is 21.2 Å². The number of carbonyl (C=O) groups is 1. The maximum Gasteiger partial charge on any atom is 0.261 e. The molecule has 0 spiro atoms. The molecule has 6 nitrogen and oxygen atoms in total. The summed E-state index contributed by atoms with van der Waals surface area (Å²) in [6, 6.07) is 27.6. The van der Waals surface area contributed by atoms with E-state index in [2.05, 4.69) is 10.0 Å². The second kappa shape index (κ2) is 10.6. The van der Waals surface area contributed by atoms with Crippen molar-refractivity contribution in [1.82, 2.24) is 0 Å². The third kappa shape index (κ3) is 6.41. The van der Waals surface area contributed by atoms with Gasteiger partial charge in [-0.15, -0.1) is 0 Å². The van der Waals surface area contributed by atoms with Crippen molar-refractivity contribution >= 4 is 38.9 Å². The first-order valence-electron chi connectivity index (χ1n) is 10.8. The van der Waals surface area contributed by atoms with E-state index in [4.69, 9.17) is 16.3 Å². The van der Waals surface area contributed by atoms with Crippen LogP contribution < -0.4 is 14.8 Å². The molecule has 0 heterocycles. The maximum atomic E-state index is 12.9. The Morgan fingerprint density at radius 2 is 1.51 bits per heavy atom. The van der Waals surface area contributed by atoms with Crippen molar-refractivity contribution in [2.24, 2.45) is 0 Å². The molecule has 0 atom stereocenters. The fourth-order valence-electron chi connectivity index (χ4n) is 3.27. The summed E-state index contributed by atoms with van der Waals surface area (Å²) in [5.74, 6) is 0.196. The molecule has 0 saturated carbocycles. The van der Waals surface area contributed by atoms with Crippen molar-refractivity contribution in [2.45, 2.75) is 18.4 Å². The van der Waals surface area contributed by atoms with Gasteiger partial charge in [-0.05, 0) is 67.1 Å². The highest BCUT2D eigenvalue weighted by Crippen LogP contribution is 2.25. The molecule has 178 valence electrons. The number of amides is 1. The number of nitrogens with one attached hydrogen (secondary N) is 2. The summed E-state index contributed by atoms with van der Waals surface area (Å²) >= 11 is 6.23. The molecular weight excluding hydrogens is 484 g/mol. The molecule has 0 aromatic heterocycles. The summed E-state index contributed by atoms with van der Waals surface area (Å²) in [6.07, 6.45) is 0. The van der Waals surface area contributed by atoms with Crippen LogP contribution in [0.4, 0.5) is 11.4 Å². The number of ether oxygens (including phenoxy) is 1. The topological polar surface area (TPSA) is 84.5 Å². The van der Waals surface area contributed by atoms with Crippen LogP contribution in [0.2, 0.25) is 5.02 Å². The molecule has 0 bridgehead atoms. The first-order chi connectivity index (χ1) is 16.8. The monoisotopic (exact) mass is 506 g/mol. The van der Waals surface area contributed by atoms with Crippen molar-refractivity contribution in [1.29, 1.82) is 0 Å². The van der Waals surface area contributed by atoms with Crippen LogP contribution in [-0.4, -0.2) is 14.3 Å². The molecule has 0 aliphatic rings. The summed E-state index contributed by atoms with van der Waals surface area (Å²) in [5.41, 5.74) is 2.91. The van der Waals surface area contributed by atoms with Crippen molar-refractivity contribution in [3.8, 4) is 5.75 Å². The molecule has 0 aliphatic heterocycles. The lowest BCUT2D eigenvalue weighted by Gasteiger charge is -2.12. The zero-order valence-electron chi connectivity index (χ0n) is 18.9. The van der Waals surface area contributed by atoms with Crippen LogP contribution >= 0.6 is 11.6 Å². The normalized spacial score (nSPS) is 11.0. The van der Waals surface area contributed by atoms with Crippen LogP contribution in [0.25, 0.3) is 0 Å². The van der Waals surface area contributed by atoms with E-state index >= 15 is 0 Å². The fourth-order valence-corrected chi connectivity index (χ4v) is 4.52. The van der Waals surface area contributed by atoms with Gasteiger partial charge < -0.3 is 10.1 Å². The van der Waals surface area contributed by atoms with Crippen LogP contribution in [-0.2, 0) is 16.6 Å². The minimum Gasteiger partial charge on any atom is -0.489 e. The molecule has 1 amide bonds. The predicted molar refractivity (Wildman–Crippen MR) is 139 cm³/mol. The van der Waals surface area contributed by atoms with Gasteiger partial charge in [0.15, 0.2) is 0 Å². The molecule has 0 saturated heterocycles. The molecule has 35 heavy (non-hydrogen) atoms. The van der Waals surface area contributed by atoms with E-state index in [0.29, 0.717) is 18.0 Å². The Labute approximate surface area is 209 Å². The molecule has 4 rings (SSSR count). The van der Waals surface area contributed by atoms with E-state index in [1.54, 1.807) is 36.4 Å². The van der Waals surface area contributed by atoms with E-state index in [9.17, 15) is 13.2 Å². The molecule has 4 aromatic rings. The van der Waals surface area contributed by atoms with Crippen molar-refractivity contribution < 1.29 is 17.9 Å². The third-order valence-corrected chi connectivity index (χ3v) is 6.88. The first kappa shape index (κ1) is 24.3. The van der Waals surface area contributed by atoms with E-state index in [0.717, 1.165) is 11.1 Å². The number of rotatable bonds is 8. The van der Waals surface area contributed by atoms with Gasteiger partial charge in [0.25, 0.3) is 15.9 Å². The number of aryl methyl sites for hydroxylation is 1. The van der Waals surface area contributed by atoms with Gasteiger partial charge in [-0.25, -0.2) is 8.42 Å². The lowest BCUT2D eigenvalue weighted by atomic mass is 10.2. The molecule has 0 aliphatic carbocycles. The highest BCUT2D eigenvalue weighted by atomic mass is 35.5. The smallest absolute Gasteiger partial charge is 0.261 e. The Hall–Kier alpha value is -3.81. The minimum absolute atomic E-state index is 0.124. The summed E-state index contributed by atoms with van der Waals surface area (Å²) < 4.78 is 33.6. The number of hydrogen-bond acceptors (Lipinski definition) is 4. The van der Waals surface area contributed by atoms with Crippen LogP contribution in [0.3, 0.4) is 0 Å². The Morgan fingerprint density at radius 1 is 0.857 bits per heavy atom. The van der Waals surface area contributed by atoms with Gasteiger partial charge in [-0.2, -0.15) is 0 Å². The average Bonchev–Trinajstić information content (AvgIpc) is 2.85. The third-order valence-electron chi connectivity index (χ3n) is 5.15. The average molecular weight is 507 g/mol. The fraction of sp³-hybridized carbons (Fsp3) is 0.0741. The van der Waals surface area contributed by atoms with Crippen LogP contribution in [0.15, 0.2) is 102 Å². The van der Waals surface area contributed by atoms with Gasteiger partial charge in [-0.1, -0.05) is 59.6 Å². The van der Waals surface area contributed by atoms with E-state index < -0.39 is 15.9 Å². The second-order valence-corrected chi connectivity index (χ2v) is 9.96. The number of anilines is 2. The first-order valence-corrected chi connectivity index (χ1v) is 12.6. The van der Waals surface area contributed by atoms with Gasteiger partial charge in [0.1, 0.15) is 12.4 Å². The van der Waals surface area contributed by atoms with Crippen molar-refractivity contribution in [2.75, 3.05) is 10.0 Å². The van der Waals surface area contributed by atoms with Crippen molar-refractivity contribution in [3.05, 3.63) is 119 Å². The quantitative estimate of drug-likeness (QED) is 0.294. The zero-order valence-corrected chi connectivity index (χ0v) is 20.4. The summed E-state index contributed by atoms with van der Waals surface area (Å²) in [4.78, 5) is 13.0. The van der Waals surface area contributed by atoms with Crippen molar-refractivity contribution in [3.63, 3.8) is 0 Å². The molecule has 0 radical (unpaired) electrons. The van der Waals surface area contributed by atoms with Crippen LogP contribution in [0.5, 0.6) is 5.75 Å². The van der Waals surface area contributed by atoms with E-state index in [1.165, 1.54) is 30.3 Å². The van der Waals surface area contributed by atoms with Gasteiger partial charge >= 0.3 is 0 Å². The Morgan fingerprint density at radius 3 is 2.20 bits per heavy atom. The lowest BCUT2D eigenvalue weighted by Crippen LogP contribution is -2.15. The number of hydrogen-bond donors (Lipinski definition) is 2. The Kier molecular flexibility index (Phi) is 7.39. The zero-order chi connectivity index (χ0) is 24.8. The second-order valence-electron chi connectivity index (χ2n) is 7.87. The molecule has 4 aromatic carbocycles. The van der Waals surface area contributed by atoms with Gasteiger partial charge in [0, 0.05) is 11.4 Å². The van der Waals surface area contributed by atoms with Gasteiger partial charge in [0.2, 0.25) is 0 Å². The van der Waals surface area contributed by atoms with Gasteiger partial charge in [0.05, 0.1) is 15.5 Å². The SMILES string of the molecule is Cc1ccc(S(=O)(=O)Nc2ccc(Cl)c(C(=O)Nc3ccc(OCc4ccccc4)cc3)c2)cc1. The summed E-state index contributed by atoms with van der Waals surface area (Å²) in [6.45, 7) is 2.31. The summed E-state index contributed by atoms with van der Waals surface area (Å²) in [5, 5.41) is 2.97. The lowest BCUT2D eigenvalue weighted by molar-refractivity contribution is 0.102. The highest BCUT2D eigenvalue weighted by Gasteiger charge is 2.17. The molecule has 0 unspecified atom stereocenters. The minimum atomic E-state index is -3.81. The summed E-state index contributed by atoms with van der Waals surface area (Å²) in [7, 11) is -3.81. The number of benzene rings is 4. The molecule has 2 N–H and O–H groups in total. The van der Waals surface area contributed by atoms with Gasteiger partial charge in [-0.3, -0.25) is 9.52 Å². The highest BCUT2D eigenvalue weighted by molar-refractivity contribution is 7.92. The number of carbonyl (C=O) groups excluding carboxylic acids is 1. The van der Waals surface area contributed by atoms with E-state index in [1.807, 2.05) is 37.3 Å². The Balaban J connectivity index is 1.43. The van der Waals surface area contributed by atoms with Crippen LogP contribution in [0.1, 0.15) is 21.5 Å². The van der Waals surface area contributed by atoms with Crippen LogP contribution in [0, 0.1) is 6.92 Å².